The highest BCUT2D eigenvalue weighted by atomic mass is 35.5. The molecule has 6 heteroatoms. The minimum absolute atomic E-state index is 0.214. The predicted molar refractivity (Wildman–Crippen MR) is 69.4 cm³/mol. The van der Waals surface area contributed by atoms with E-state index >= 15 is 0 Å². The number of aromatic nitrogens is 2. The van der Waals surface area contributed by atoms with Crippen molar-refractivity contribution < 1.29 is 9.53 Å². The molecule has 0 aromatic carbocycles. The Morgan fingerprint density at radius 3 is 2.67 bits per heavy atom. The van der Waals surface area contributed by atoms with E-state index in [1.165, 1.54) is 0 Å². The number of rotatable bonds is 3. The summed E-state index contributed by atoms with van der Waals surface area (Å²) in [6.45, 7) is 3.24. The molecule has 0 bridgehead atoms. The van der Waals surface area contributed by atoms with Crippen molar-refractivity contribution in [2.45, 2.75) is 25.8 Å². The van der Waals surface area contributed by atoms with Gasteiger partial charge in [0.1, 0.15) is 16.8 Å². The molecule has 0 N–H and O–H groups in total. The average Bonchev–Trinajstić information content (AvgIpc) is 2.38. The molecule has 0 unspecified atom stereocenters. The molecular formula is C12H16ClN3O2. The van der Waals surface area contributed by atoms with Crippen molar-refractivity contribution in [2.75, 3.05) is 25.2 Å². The first-order valence-electron chi connectivity index (χ1n) is 5.93. The van der Waals surface area contributed by atoms with Crippen LogP contribution in [-0.2, 0) is 4.74 Å². The third-order valence-electron chi connectivity index (χ3n) is 3.18. The van der Waals surface area contributed by atoms with E-state index in [1.807, 2.05) is 11.9 Å². The van der Waals surface area contributed by atoms with Crippen LogP contribution in [-0.4, -0.2) is 42.6 Å². The Labute approximate surface area is 111 Å². The molecule has 1 aromatic heterocycles. The number of aryl methyl sites for hydroxylation is 1. The lowest BCUT2D eigenvalue weighted by Gasteiger charge is -2.32. The predicted octanol–water partition coefficient (Wildman–Crippen LogP) is 1.87. The molecule has 1 aliphatic heterocycles. The van der Waals surface area contributed by atoms with Gasteiger partial charge in [0.25, 0.3) is 0 Å². The van der Waals surface area contributed by atoms with Gasteiger partial charge in [-0.05, 0) is 19.8 Å². The van der Waals surface area contributed by atoms with Crippen LogP contribution >= 0.6 is 11.6 Å². The number of hydrogen-bond acceptors (Lipinski definition) is 5. The van der Waals surface area contributed by atoms with Crippen molar-refractivity contribution in [3.8, 4) is 0 Å². The number of halogens is 1. The Morgan fingerprint density at radius 1 is 1.39 bits per heavy atom. The summed E-state index contributed by atoms with van der Waals surface area (Å²) in [7, 11) is 1.93. The molecule has 1 aromatic rings. The number of carbonyl (C=O) groups excluding carboxylic acids is 1. The van der Waals surface area contributed by atoms with E-state index < -0.39 is 0 Å². The summed E-state index contributed by atoms with van der Waals surface area (Å²) < 4.78 is 5.33. The van der Waals surface area contributed by atoms with E-state index in [9.17, 15) is 4.79 Å². The molecule has 98 valence electrons. The highest BCUT2D eigenvalue weighted by Crippen LogP contribution is 2.26. The lowest BCUT2D eigenvalue weighted by molar-refractivity contribution is 0.0853. The maximum absolute atomic E-state index is 11.1. The van der Waals surface area contributed by atoms with Crippen LogP contribution < -0.4 is 4.90 Å². The number of anilines is 1. The largest absolute Gasteiger partial charge is 0.381 e. The molecule has 0 amide bonds. The molecule has 1 aliphatic rings. The highest BCUT2D eigenvalue weighted by molar-refractivity contribution is 6.32. The van der Waals surface area contributed by atoms with Crippen molar-refractivity contribution in [1.29, 1.82) is 0 Å². The van der Waals surface area contributed by atoms with Crippen LogP contribution in [0.15, 0.2) is 0 Å². The fourth-order valence-electron chi connectivity index (χ4n) is 2.15. The lowest BCUT2D eigenvalue weighted by atomic mass is 10.1. The summed E-state index contributed by atoms with van der Waals surface area (Å²) in [5.74, 6) is 1.17. The van der Waals surface area contributed by atoms with Crippen LogP contribution in [0.25, 0.3) is 0 Å². The first-order chi connectivity index (χ1) is 8.63. The number of aldehydes is 1. The van der Waals surface area contributed by atoms with E-state index in [0.29, 0.717) is 29.5 Å². The number of nitrogens with zero attached hydrogens (tertiary/aromatic N) is 3. The summed E-state index contributed by atoms with van der Waals surface area (Å²) >= 11 is 5.98. The fourth-order valence-corrected chi connectivity index (χ4v) is 2.40. The minimum Gasteiger partial charge on any atom is -0.381 e. The number of carbonyl (C=O) groups is 1. The van der Waals surface area contributed by atoms with Gasteiger partial charge in [-0.2, -0.15) is 0 Å². The normalized spacial score (nSPS) is 16.6. The lowest BCUT2D eigenvalue weighted by Crippen LogP contribution is -2.37. The molecule has 18 heavy (non-hydrogen) atoms. The molecule has 2 rings (SSSR count). The molecule has 0 atom stereocenters. The van der Waals surface area contributed by atoms with Gasteiger partial charge in [0.2, 0.25) is 0 Å². The number of ether oxygens (including phenoxy) is 1. The van der Waals surface area contributed by atoms with Crippen LogP contribution in [0, 0.1) is 6.92 Å². The van der Waals surface area contributed by atoms with Gasteiger partial charge in [-0.1, -0.05) is 11.6 Å². The molecule has 0 saturated carbocycles. The standard InChI is InChI=1S/C12H16ClN3O2/c1-8-14-11(13)10(7-17)12(15-8)16(2)9-3-5-18-6-4-9/h7,9H,3-6H2,1-2H3. The summed E-state index contributed by atoms with van der Waals surface area (Å²) in [5, 5.41) is 0.214. The number of hydrogen-bond donors (Lipinski definition) is 0. The van der Waals surface area contributed by atoms with Crippen molar-refractivity contribution >= 4 is 23.7 Å². The molecule has 0 spiro atoms. The first kappa shape index (κ1) is 13.2. The molecule has 0 radical (unpaired) electrons. The van der Waals surface area contributed by atoms with E-state index in [-0.39, 0.29) is 5.15 Å². The molecule has 2 heterocycles. The van der Waals surface area contributed by atoms with Crippen molar-refractivity contribution in [1.82, 2.24) is 9.97 Å². The van der Waals surface area contributed by atoms with Crippen LogP contribution in [0.4, 0.5) is 5.82 Å². The van der Waals surface area contributed by atoms with Gasteiger partial charge in [-0.3, -0.25) is 4.79 Å². The van der Waals surface area contributed by atoms with Gasteiger partial charge in [-0.25, -0.2) is 9.97 Å². The monoisotopic (exact) mass is 269 g/mol. The van der Waals surface area contributed by atoms with Gasteiger partial charge >= 0.3 is 0 Å². The Bertz CT molecular complexity index is 447. The molecular weight excluding hydrogens is 254 g/mol. The summed E-state index contributed by atoms with van der Waals surface area (Å²) in [6.07, 6.45) is 2.57. The maximum atomic E-state index is 11.1. The second-order valence-electron chi connectivity index (χ2n) is 4.37. The maximum Gasteiger partial charge on any atom is 0.156 e. The van der Waals surface area contributed by atoms with Crippen LogP contribution in [0.3, 0.4) is 0 Å². The second kappa shape index (κ2) is 5.63. The smallest absolute Gasteiger partial charge is 0.156 e. The van der Waals surface area contributed by atoms with E-state index in [4.69, 9.17) is 16.3 Å². The van der Waals surface area contributed by atoms with Crippen LogP contribution in [0.2, 0.25) is 5.15 Å². The third kappa shape index (κ3) is 2.62. The Balaban J connectivity index is 2.33. The zero-order chi connectivity index (χ0) is 13.1. The molecule has 1 fully saturated rings. The van der Waals surface area contributed by atoms with Gasteiger partial charge in [0.15, 0.2) is 6.29 Å². The zero-order valence-electron chi connectivity index (χ0n) is 10.5. The van der Waals surface area contributed by atoms with Gasteiger partial charge in [0.05, 0.1) is 5.56 Å². The van der Waals surface area contributed by atoms with E-state index in [2.05, 4.69) is 9.97 Å². The quantitative estimate of drug-likeness (QED) is 0.619. The topological polar surface area (TPSA) is 55.3 Å². The summed E-state index contributed by atoms with van der Waals surface area (Å²) in [4.78, 5) is 21.5. The highest BCUT2D eigenvalue weighted by Gasteiger charge is 2.23. The van der Waals surface area contributed by atoms with Gasteiger partial charge < -0.3 is 9.64 Å². The van der Waals surface area contributed by atoms with Crippen molar-refractivity contribution in [3.05, 3.63) is 16.5 Å². The first-order valence-corrected chi connectivity index (χ1v) is 6.31. The van der Waals surface area contributed by atoms with Crippen LogP contribution in [0.5, 0.6) is 0 Å². The van der Waals surface area contributed by atoms with E-state index in [1.54, 1.807) is 6.92 Å². The van der Waals surface area contributed by atoms with Gasteiger partial charge in [0, 0.05) is 26.3 Å². The minimum atomic E-state index is 0.214. The second-order valence-corrected chi connectivity index (χ2v) is 4.73. The molecule has 0 aliphatic carbocycles. The molecule has 1 saturated heterocycles. The Hall–Kier alpha value is -1.20. The SMILES string of the molecule is Cc1nc(Cl)c(C=O)c(N(C)C2CCOCC2)n1. The van der Waals surface area contributed by atoms with Gasteiger partial charge in [-0.15, -0.1) is 0 Å². The van der Waals surface area contributed by atoms with Crippen molar-refractivity contribution in [3.63, 3.8) is 0 Å². The summed E-state index contributed by atoms with van der Waals surface area (Å²) in [6, 6.07) is 0.322. The average molecular weight is 270 g/mol. The van der Waals surface area contributed by atoms with Crippen molar-refractivity contribution in [2.24, 2.45) is 0 Å². The van der Waals surface area contributed by atoms with E-state index in [0.717, 1.165) is 26.1 Å². The Kier molecular flexibility index (Phi) is 4.14. The third-order valence-corrected chi connectivity index (χ3v) is 3.47. The fraction of sp³-hybridized carbons (Fsp3) is 0.583. The molecule has 5 nitrogen and oxygen atoms in total. The Morgan fingerprint density at radius 2 is 2.06 bits per heavy atom. The summed E-state index contributed by atoms with van der Waals surface area (Å²) in [5.41, 5.74) is 0.358. The van der Waals surface area contributed by atoms with Crippen LogP contribution in [0.1, 0.15) is 29.0 Å². The zero-order valence-corrected chi connectivity index (χ0v) is 11.3.